The van der Waals surface area contributed by atoms with E-state index in [2.05, 4.69) is 40.5 Å². The lowest BCUT2D eigenvalue weighted by Crippen LogP contribution is -2.34. The fourth-order valence-corrected chi connectivity index (χ4v) is 3.45. The zero-order chi connectivity index (χ0) is 13.8. The summed E-state index contributed by atoms with van der Waals surface area (Å²) in [7, 11) is 0. The molecule has 2 saturated heterocycles. The van der Waals surface area contributed by atoms with Crippen molar-refractivity contribution in [3.63, 3.8) is 0 Å². The molecule has 2 heterocycles. The number of benzene rings is 1. The maximum absolute atomic E-state index is 12.4. The van der Waals surface area contributed by atoms with E-state index >= 15 is 0 Å². The van der Waals surface area contributed by atoms with Gasteiger partial charge in [0.25, 0.3) is 0 Å². The van der Waals surface area contributed by atoms with Gasteiger partial charge < -0.3 is 10.2 Å². The molecule has 1 amide bonds. The monoisotopic (exact) mass is 272 g/mol. The third-order valence-electron chi connectivity index (χ3n) is 4.73. The van der Waals surface area contributed by atoms with Gasteiger partial charge in [-0.3, -0.25) is 4.79 Å². The highest BCUT2D eigenvalue weighted by Gasteiger charge is 2.28. The summed E-state index contributed by atoms with van der Waals surface area (Å²) < 4.78 is 0. The Labute approximate surface area is 121 Å². The van der Waals surface area contributed by atoms with Gasteiger partial charge >= 0.3 is 0 Å². The van der Waals surface area contributed by atoms with Gasteiger partial charge in [-0.2, -0.15) is 0 Å². The predicted molar refractivity (Wildman–Crippen MR) is 80.6 cm³/mol. The van der Waals surface area contributed by atoms with Crippen LogP contribution in [-0.4, -0.2) is 37.0 Å². The number of carbonyl (C=O) groups is 1. The van der Waals surface area contributed by atoms with Crippen LogP contribution in [0.5, 0.6) is 0 Å². The van der Waals surface area contributed by atoms with Crippen molar-refractivity contribution < 1.29 is 4.79 Å². The number of piperidine rings is 1. The SMILES string of the molecule is O=C(CC1CCNCC1)N1CCC(c2ccccc2)C1. The van der Waals surface area contributed by atoms with Gasteiger partial charge in [0.1, 0.15) is 0 Å². The Hall–Kier alpha value is -1.35. The van der Waals surface area contributed by atoms with Crippen molar-refractivity contribution in [1.82, 2.24) is 10.2 Å². The lowest BCUT2D eigenvalue weighted by atomic mass is 9.94. The number of rotatable bonds is 3. The zero-order valence-electron chi connectivity index (χ0n) is 12.1. The highest BCUT2D eigenvalue weighted by molar-refractivity contribution is 5.76. The maximum atomic E-state index is 12.4. The van der Waals surface area contributed by atoms with Gasteiger partial charge in [-0.1, -0.05) is 30.3 Å². The molecule has 2 aliphatic heterocycles. The average Bonchev–Trinajstić information content (AvgIpc) is 2.99. The molecule has 1 N–H and O–H groups in total. The summed E-state index contributed by atoms with van der Waals surface area (Å²) in [6, 6.07) is 10.6. The molecule has 108 valence electrons. The van der Waals surface area contributed by atoms with E-state index < -0.39 is 0 Å². The van der Waals surface area contributed by atoms with Gasteiger partial charge in [0.2, 0.25) is 5.91 Å². The molecule has 0 aliphatic carbocycles. The molecule has 3 nitrogen and oxygen atoms in total. The second kappa shape index (κ2) is 6.40. The van der Waals surface area contributed by atoms with E-state index in [1.165, 1.54) is 5.56 Å². The first kappa shape index (κ1) is 13.6. The fraction of sp³-hybridized carbons (Fsp3) is 0.588. The van der Waals surface area contributed by atoms with Crippen LogP contribution >= 0.6 is 0 Å². The van der Waals surface area contributed by atoms with Crippen molar-refractivity contribution in [2.45, 2.75) is 31.6 Å². The van der Waals surface area contributed by atoms with Gasteiger partial charge in [0.15, 0.2) is 0 Å². The number of nitrogens with zero attached hydrogens (tertiary/aromatic N) is 1. The van der Waals surface area contributed by atoms with Crippen LogP contribution < -0.4 is 5.32 Å². The minimum absolute atomic E-state index is 0.371. The summed E-state index contributed by atoms with van der Waals surface area (Å²) in [5, 5.41) is 3.36. The van der Waals surface area contributed by atoms with E-state index in [1.807, 2.05) is 0 Å². The van der Waals surface area contributed by atoms with E-state index in [0.717, 1.165) is 51.9 Å². The molecule has 1 aromatic rings. The normalized spacial score (nSPS) is 24.0. The molecule has 0 bridgehead atoms. The first-order valence-electron chi connectivity index (χ1n) is 7.86. The molecule has 0 aromatic heterocycles. The predicted octanol–water partition coefficient (Wildman–Crippen LogP) is 2.39. The number of likely N-dealkylation sites (tertiary alicyclic amines) is 1. The lowest BCUT2D eigenvalue weighted by Gasteiger charge is -2.24. The molecule has 0 radical (unpaired) electrons. The molecular weight excluding hydrogens is 248 g/mol. The van der Waals surface area contributed by atoms with Crippen molar-refractivity contribution in [1.29, 1.82) is 0 Å². The molecule has 3 rings (SSSR count). The zero-order valence-corrected chi connectivity index (χ0v) is 12.1. The summed E-state index contributed by atoms with van der Waals surface area (Å²) in [4.78, 5) is 14.5. The van der Waals surface area contributed by atoms with Crippen LogP contribution in [-0.2, 0) is 4.79 Å². The summed E-state index contributed by atoms with van der Waals surface area (Å²) >= 11 is 0. The standard InChI is InChI=1S/C17H24N2O/c20-17(12-14-6-9-18-10-7-14)19-11-8-16(13-19)15-4-2-1-3-5-15/h1-5,14,16,18H,6-13H2. The van der Waals surface area contributed by atoms with Gasteiger partial charge in [0.05, 0.1) is 0 Å². The Kier molecular flexibility index (Phi) is 4.36. The highest BCUT2D eigenvalue weighted by Crippen LogP contribution is 2.28. The van der Waals surface area contributed by atoms with Crippen LogP contribution in [0.2, 0.25) is 0 Å². The highest BCUT2D eigenvalue weighted by atomic mass is 16.2. The summed E-state index contributed by atoms with van der Waals surface area (Å²) in [6.45, 7) is 3.99. The van der Waals surface area contributed by atoms with E-state index in [1.54, 1.807) is 0 Å². The van der Waals surface area contributed by atoms with Crippen molar-refractivity contribution in [2.75, 3.05) is 26.2 Å². The Morgan fingerprint density at radius 2 is 1.90 bits per heavy atom. The van der Waals surface area contributed by atoms with Crippen molar-refractivity contribution in [2.24, 2.45) is 5.92 Å². The molecule has 3 heteroatoms. The third-order valence-corrected chi connectivity index (χ3v) is 4.73. The van der Waals surface area contributed by atoms with Gasteiger partial charge in [0, 0.05) is 25.4 Å². The number of nitrogens with one attached hydrogen (secondary N) is 1. The Morgan fingerprint density at radius 1 is 1.15 bits per heavy atom. The second-order valence-corrected chi connectivity index (χ2v) is 6.13. The Morgan fingerprint density at radius 3 is 2.65 bits per heavy atom. The van der Waals surface area contributed by atoms with Crippen LogP contribution in [0.25, 0.3) is 0 Å². The largest absolute Gasteiger partial charge is 0.342 e. The van der Waals surface area contributed by atoms with Crippen molar-refractivity contribution >= 4 is 5.91 Å². The van der Waals surface area contributed by atoms with Gasteiger partial charge in [-0.05, 0) is 43.8 Å². The lowest BCUT2D eigenvalue weighted by molar-refractivity contribution is -0.131. The molecule has 2 fully saturated rings. The Bertz CT molecular complexity index is 440. The molecule has 2 aliphatic rings. The van der Waals surface area contributed by atoms with Crippen molar-refractivity contribution in [3.05, 3.63) is 35.9 Å². The van der Waals surface area contributed by atoms with Crippen LogP contribution in [0.4, 0.5) is 0 Å². The van der Waals surface area contributed by atoms with Crippen LogP contribution in [0, 0.1) is 5.92 Å². The van der Waals surface area contributed by atoms with Crippen LogP contribution in [0.1, 0.15) is 37.2 Å². The number of hydrogen-bond donors (Lipinski definition) is 1. The minimum Gasteiger partial charge on any atom is -0.342 e. The maximum Gasteiger partial charge on any atom is 0.222 e. The molecular formula is C17H24N2O. The first-order chi connectivity index (χ1) is 9.83. The van der Waals surface area contributed by atoms with Gasteiger partial charge in [-0.25, -0.2) is 0 Å². The van der Waals surface area contributed by atoms with E-state index in [-0.39, 0.29) is 0 Å². The second-order valence-electron chi connectivity index (χ2n) is 6.13. The summed E-state index contributed by atoms with van der Waals surface area (Å²) in [5.41, 5.74) is 1.38. The first-order valence-corrected chi connectivity index (χ1v) is 7.86. The molecule has 1 unspecified atom stereocenters. The van der Waals surface area contributed by atoms with E-state index in [0.29, 0.717) is 17.7 Å². The molecule has 20 heavy (non-hydrogen) atoms. The fourth-order valence-electron chi connectivity index (χ4n) is 3.45. The van der Waals surface area contributed by atoms with Gasteiger partial charge in [-0.15, -0.1) is 0 Å². The smallest absolute Gasteiger partial charge is 0.222 e. The van der Waals surface area contributed by atoms with Crippen LogP contribution in [0.3, 0.4) is 0 Å². The molecule has 1 aromatic carbocycles. The number of amides is 1. The summed E-state index contributed by atoms with van der Waals surface area (Å²) in [5.74, 6) is 1.50. The number of hydrogen-bond acceptors (Lipinski definition) is 2. The topological polar surface area (TPSA) is 32.3 Å². The van der Waals surface area contributed by atoms with E-state index in [9.17, 15) is 4.79 Å². The minimum atomic E-state index is 0.371. The average molecular weight is 272 g/mol. The summed E-state index contributed by atoms with van der Waals surface area (Å²) in [6.07, 6.45) is 4.18. The quantitative estimate of drug-likeness (QED) is 0.916. The molecule has 0 spiro atoms. The van der Waals surface area contributed by atoms with Crippen LogP contribution in [0.15, 0.2) is 30.3 Å². The molecule has 0 saturated carbocycles. The Balaban J connectivity index is 1.53. The van der Waals surface area contributed by atoms with Crippen molar-refractivity contribution in [3.8, 4) is 0 Å². The molecule has 1 atom stereocenters. The number of carbonyl (C=O) groups excluding carboxylic acids is 1. The van der Waals surface area contributed by atoms with E-state index in [4.69, 9.17) is 0 Å². The third kappa shape index (κ3) is 3.21.